The summed E-state index contributed by atoms with van der Waals surface area (Å²) in [6.07, 6.45) is 0. The van der Waals surface area contributed by atoms with E-state index in [1.54, 1.807) is 31.3 Å². The molecule has 0 spiro atoms. The zero-order chi connectivity index (χ0) is 13.4. The fraction of sp³-hybridized carbons (Fsp3) is 0.0769. The van der Waals surface area contributed by atoms with Gasteiger partial charge < -0.3 is 14.7 Å². The number of benzene rings is 1. The van der Waals surface area contributed by atoms with Crippen molar-refractivity contribution in [3.05, 3.63) is 56.9 Å². The first-order chi connectivity index (χ1) is 9.18. The predicted molar refractivity (Wildman–Crippen MR) is 77.9 cm³/mol. The Kier molecular flexibility index (Phi) is 4.91. The second-order valence-corrected chi connectivity index (χ2v) is 6.09. The number of amides is 1. The van der Waals surface area contributed by atoms with E-state index in [0.29, 0.717) is 5.56 Å². The molecule has 0 saturated carbocycles. The van der Waals surface area contributed by atoms with E-state index in [2.05, 4.69) is 5.32 Å². The van der Waals surface area contributed by atoms with Crippen molar-refractivity contribution in [3.8, 4) is 10.6 Å². The monoisotopic (exact) mass is 378 g/mol. The average Bonchev–Trinajstić information content (AvgIpc) is 2.99. The molecule has 1 aromatic rings. The number of aromatic nitrogens is 1. The number of carbonyl (C=O) groups is 1. The van der Waals surface area contributed by atoms with Crippen molar-refractivity contribution in [2.24, 2.45) is 7.05 Å². The van der Waals surface area contributed by atoms with E-state index >= 15 is 0 Å². The van der Waals surface area contributed by atoms with Crippen LogP contribution in [-0.2, 0) is 39.8 Å². The topological polar surface area (TPSA) is 53.2 Å². The molecular weight excluding hydrogens is 369 g/mol. The Morgan fingerprint density at radius 1 is 1.25 bits per heavy atom. The van der Waals surface area contributed by atoms with E-state index in [-0.39, 0.29) is 49.9 Å². The number of hydrogen-bond donors (Lipinski definition) is 0. The quantitative estimate of drug-likeness (QED) is 0.642. The molecule has 7 heteroatoms. The second-order valence-electron chi connectivity index (χ2n) is 4.01. The van der Waals surface area contributed by atoms with Gasteiger partial charge in [0.15, 0.2) is 0 Å². The Morgan fingerprint density at radius 3 is 2.65 bits per heavy atom. The number of fused-ring (bicyclic) bond motifs is 1. The summed E-state index contributed by atoms with van der Waals surface area (Å²) in [5.41, 5.74) is 1.34. The largest absolute Gasteiger partial charge is 0.617 e. The summed E-state index contributed by atoms with van der Waals surface area (Å²) in [5, 5.41) is 5.89. The van der Waals surface area contributed by atoms with Crippen LogP contribution in [-0.4, -0.2) is 10.5 Å². The van der Waals surface area contributed by atoms with Crippen LogP contribution in [0, 0.1) is 0 Å². The van der Waals surface area contributed by atoms with E-state index in [0.717, 1.165) is 10.6 Å². The summed E-state index contributed by atoms with van der Waals surface area (Å²) in [5.74, 6) is -0.386. The van der Waals surface area contributed by atoms with Gasteiger partial charge in [-0.05, 0) is 11.3 Å². The third-order valence-electron chi connectivity index (χ3n) is 2.84. The van der Waals surface area contributed by atoms with Gasteiger partial charge in [0.05, 0.1) is 16.5 Å². The SMILES string of the molecule is Cn1c2cssc-2c([N-]C(=O)c2ccccc2)c1=O.[Y]. The van der Waals surface area contributed by atoms with Crippen LogP contribution in [0.15, 0.2) is 40.5 Å². The smallest absolute Gasteiger partial charge is 0.237 e. The van der Waals surface area contributed by atoms with Crippen molar-refractivity contribution in [1.29, 1.82) is 0 Å². The molecule has 2 aliphatic heterocycles. The Hall–Kier alpha value is -0.816. The van der Waals surface area contributed by atoms with Gasteiger partial charge in [-0.25, -0.2) is 0 Å². The molecule has 0 saturated heterocycles. The third-order valence-corrected chi connectivity index (χ3v) is 4.90. The standard InChI is InChI=1S/C13H10N2O2S2.Y/c1-15-9-7-18-19-11(9)10(13(15)17)14-12(16)8-5-3-2-4-6-8;/h2-7H,1H3,(H,14,16);/p-1. The second kappa shape index (κ2) is 6.30. The van der Waals surface area contributed by atoms with Crippen LogP contribution in [0.3, 0.4) is 0 Å². The van der Waals surface area contributed by atoms with Gasteiger partial charge in [-0.3, -0.25) is 4.79 Å². The van der Waals surface area contributed by atoms with Crippen molar-refractivity contribution in [2.75, 3.05) is 0 Å². The minimum Gasteiger partial charge on any atom is -0.617 e. The zero-order valence-electron chi connectivity index (χ0n) is 10.6. The molecule has 1 aromatic carbocycles. The molecule has 0 fully saturated rings. The van der Waals surface area contributed by atoms with E-state index in [9.17, 15) is 9.59 Å². The normalized spacial score (nSPS) is 10.2. The first kappa shape index (κ1) is 15.6. The molecule has 1 radical (unpaired) electrons. The van der Waals surface area contributed by atoms with Gasteiger partial charge in [0.2, 0.25) is 5.56 Å². The van der Waals surface area contributed by atoms with Gasteiger partial charge in [0.1, 0.15) is 0 Å². The van der Waals surface area contributed by atoms with Crippen LogP contribution in [0.2, 0.25) is 0 Å². The van der Waals surface area contributed by atoms with Crippen LogP contribution >= 0.6 is 20.7 Å². The van der Waals surface area contributed by atoms with E-state index in [4.69, 9.17) is 0 Å². The van der Waals surface area contributed by atoms with Crippen molar-refractivity contribution < 1.29 is 37.5 Å². The van der Waals surface area contributed by atoms with Crippen molar-refractivity contribution in [3.63, 3.8) is 0 Å². The van der Waals surface area contributed by atoms with E-state index < -0.39 is 0 Å². The maximum Gasteiger partial charge on any atom is 0.237 e. The molecule has 1 amide bonds. The maximum absolute atomic E-state index is 12.0. The average molecular weight is 378 g/mol. The Bertz CT molecular complexity index is 760. The molecule has 99 valence electrons. The van der Waals surface area contributed by atoms with E-state index in [1.165, 1.54) is 25.2 Å². The van der Waals surface area contributed by atoms with E-state index in [1.807, 2.05) is 11.4 Å². The number of carbonyl (C=O) groups excluding carboxylic acids is 1. The molecule has 20 heavy (non-hydrogen) atoms. The fourth-order valence-corrected chi connectivity index (χ4v) is 4.10. The van der Waals surface area contributed by atoms with Gasteiger partial charge in [0, 0.05) is 45.1 Å². The van der Waals surface area contributed by atoms with Gasteiger partial charge in [-0.1, -0.05) is 51.0 Å². The molecule has 0 bridgehead atoms. The van der Waals surface area contributed by atoms with Crippen LogP contribution in [0.4, 0.5) is 5.69 Å². The van der Waals surface area contributed by atoms with Crippen molar-refractivity contribution in [2.45, 2.75) is 0 Å². The third kappa shape index (κ3) is 2.65. The predicted octanol–water partition coefficient (Wildman–Crippen LogP) is 3.46. The van der Waals surface area contributed by atoms with Crippen LogP contribution in [0.1, 0.15) is 10.4 Å². The minimum absolute atomic E-state index is 0. The van der Waals surface area contributed by atoms with Crippen molar-refractivity contribution >= 4 is 32.3 Å². The van der Waals surface area contributed by atoms with Crippen molar-refractivity contribution in [1.82, 2.24) is 4.57 Å². The Balaban J connectivity index is 0.00000147. The number of nitrogens with zero attached hydrogens (tertiary/aromatic N) is 2. The molecule has 0 aromatic heterocycles. The minimum atomic E-state index is -0.386. The summed E-state index contributed by atoms with van der Waals surface area (Å²) in [6.45, 7) is 0. The van der Waals surface area contributed by atoms with Crippen LogP contribution in [0.25, 0.3) is 15.9 Å². The molecular formula is C13H9N2O2S2Y-. The first-order valence-electron chi connectivity index (χ1n) is 5.56. The molecule has 0 aliphatic carbocycles. The number of rotatable bonds is 2. The summed E-state index contributed by atoms with van der Waals surface area (Å²) >= 11 is 0. The molecule has 0 atom stereocenters. The summed E-state index contributed by atoms with van der Waals surface area (Å²) in [6, 6.07) is 8.75. The molecule has 2 heterocycles. The maximum atomic E-state index is 12.0. The Labute approximate surface area is 148 Å². The van der Waals surface area contributed by atoms with Crippen LogP contribution in [0.5, 0.6) is 0 Å². The summed E-state index contributed by atoms with van der Waals surface area (Å²) < 4.78 is 1.53. The summed E-state index contributed by atoms with van der Waals surface area (Å²) in [7, 11) is 4.68. The first-order valence-corrected chi connectivity index (χ1v) is 7.77. The molecule has 0 N–H and O–H groups in total. The van der Waals surface area contributed by atoms with Gasteiger partial charge in [-0.15, -0.1) is 0 Å². The zero-order valence-corrected chi connectivity index (χ0v) is 15.0. The summed E-state index contributed by atoms with van der Waals surface area (Å²) in [4.78, 5) is 24.9. The van der Waals surface area contributed by atoms with Gasteiger partial charge in [0.25, 0.3) is 0 Å². The van der Waals surface area contributed by atoms with Gasteiger partial charge >= 0.3 is 0 Å². The van der Waals surface area contributed by atoms with Gasteiger partial charge in [-0.2, -0.15) is 0 Å². The Morgan fingerprint density at radius 2 is 1.95 bits per heavy atom. The molecule has 4 nitrogen and oxygen atoms in total. The van der Waals surface area contributed by atoms with Crippen LogP contribution < -0.4 is 5.56 Å². The fourth-order valence-electron chi connectivity index (χ4n) is 1.82. The number of hydrogen-bond acceptors (Lipinski definition) is 4. The molecule has 2 aliphatic rings. The molecule has 0 unspecified atom stereocenters. The molecule has 3 rings (SSSR count).